The maximum Gasteiger partial charge on any atom is 0.333 e. The monoisotopic (exact) mass is 669 g/mol. The third kappa shape index (κ3) is 4.54. The van der Waals surface area contributed by atoms with Crippen LogP contribution in [0.25, 0.3) is 16.6 Å². The topological polar surface area (TPSA) is 135 Å². The Balaban J connectivity index is 1.73. The van der Waals surface area contributed by atoms with Crippen molar-refractivity contribution in [3.05, 3.63) is 88.6 Å². The number of anilines is 3. The quantitative estimate of drug-likeness (QED) is 0.259. The standard InChI is InChI=1S/C25H22F2IN5O5S/c1-13-20-19(21(32(2)23(13)35)29-18-7-6-14(28)10-17(18)27)22(34)30-24(36)33(20)16-5-3-4-15(11-16)31-39(37,38)25(12-26)8-9-25/h3-7,10-11,29,31H,8-9,12H2,1-2H3,(H,30,34,36). The molecule has 2 aromatic heterocycles. The minimum Gasteiger partial charge on any atom is -0.338 e. The predicted molar refractivity (Wildman–Crippen MR) is 153 cm³/mol. The minimum atomic E-state index is -4.05. The van der Waals surface area contributed by atoms with E-state index in [9.17, 15) is 31.6 Å². The van der Waals surface area contributed by atoms with Gasteiger partial charge in [0.05, 0.1) is 22.6 Å². The van der Waals surface area contributed by atoms with Crippen LogP contribution in [-0.2, 0) is 17.1 Å². The zero-order valence-corrected chi connectivity index (χ0v) is 23.6. The number of fused-ring (bicyclic) bond motifs is 1. The van der Waals surface area contributed by atoms with Crippen LogP contribution in [0.15, 0.2) is 56.8 Å². The second kappa shape index (κ2) is 9.59. The lowest BCUT2D eigenvalue weighted by atomic mass is 10.1. The van der Waals surface area contributed by atoms with Gasteiger partial charge in [0.25, 0.3) is 11.1 Å². The van der Waals surface area contributed by atoms with Gasteiger partial charge in [-0.15, -0.1) is 0 Å². The normalized spacial score (nSPS) is 14.4. The summed E-state index contributed by atoms with van der Waals surface area (Å²) in [7, 11) is -2.64. The molecule has 10 nitrogen and oxygen atoms in total. The number of rotatable bonds is 7. The highest BCUT2D eigenvalue weighted by molar-refractivity contribution is 14.1. The summed E-state index contributed by atoms with van der Waals surface area (Å²) in [6, 6.07) is 10.1. The Hall–Kier alpha value is -3.53. The predicted octanol–water partition coefficient (Wildman–Crippen LogP) is 3.42. The largest absolute Gasteiger partial charge is 0.338 e. The number of nitrogens with one attached hydrogen (secondary N) is 3. The molecule has 1 saturated carbocycles. The number of aromatic amines is 1. The van der Waals surface area contributed by atoms with Crippen molar-refractivity contribution < 1.29 is 17.2 Å². The molecule has 3 N–H and O–H groups in total. The Bertz CT molecular complexity index is 1950. The third-order valence-electron chi connectivity index (χ3n) is 6.83. The van der Waals surface area contributed by atoms with E-state index in [0.717, 1.165) is 9.13 Å². The first-order valence-corrected chi connectivity index (χ1v) is 14.2. The number of H-pyrrole nitrogens is 1. The summed E-state index contributed by atoms with van der Waals surface area (Å²) in [4.78, 5) is 41.7. The van der Waals surface area contributed by atoms with Crippen molar-refractivity contribution in [3.63, 3.8) is 0 Å². The average Bonchev–Trinajstić information content (AvgIpc) is 3.69. The summed E-state index contributed by atoms with van der Waals surface area (Å²) in [5, 5.41) is 2.72. The maximum absolute atomic E-state index is 14.7. The van der Waals surface area contributed by atoms with Gasteiger partial charge in [-0.3, -0.25) is 28.4 Å². The van der Waals surface area contributed by atoms with Crippen LogP contribution in [0.4, 0.5) is 26.0 Å². The number of benzene rings is 2. The number of aryl methyl sites for hydroxylation is 1. The van der Waals surface area contributed by atoms with Gasteiger partial charge in [-0.05, 0) is 78.8 Å². The van der Waals surface area contributed by atoms with Crippen LogP contribution in [0.3, 0.4) is 0 Å². The molecule has 1 aliphatic rings. The number of pyridine rings is 1. The van der Waals surface area contributed by atoms with Crippen molar-refractivity contribution in [1.82, 2.24) is 14.1 Å². The van der Waals surface area contributed by atoms with E-state index in [-0.39, 0.29) is 52.2 Å². The van der Waals surface area contributed by atoms with E-state index in [1.54, 1.807) is 6.07 Å². The summed E-state index contributed by atoms with van der Waals surface area (Å²) in [5.41, 5.74) is -2.01. The smallest absolute Gasteiger partial charge is 0.333 e. The number of halogens is 3. The number of nitrogens with zero attached hydrogens (tertiary/aromatic N) is 2. The van der Waals surface area contributed by atoms with E-state index in [2.05, 4.69) is 15.0 Å². The Kier molecular flexibility index (Phi) is 6.65. The Morgan fingerprint density at radius 3 is 2.49 bits per heavy atom. The van der Waals surface area contributed by atoms with E-state index in [4.69, 9.17) is 0 Å². The van der Waals surface area contributed by atoms with Crippen LogP contribution in [0.1, 0.15) is 18.4 Å². The zero-order valence-electron chi connectivity index (χ0n) is 20.6. The van der Waals surface area contributed by atoms with Crippen molar-refractivity contribution in [1.29, 1.82) is 0 Å². The maximum atomic E-state index is 14.7. The van der Waals surface area contributed by atoms with Gasteiger partial charge in [-0.1, -0.05) is 6.07 Å². The van der Waals surface area contributed by atoms with Crippen molar-refractivity contribution >= 4 is 60.7 Å². The third-order valence-corrected chi connectivity index (χ3v) is 9.66. The summed E-state index contributed by atoms with van der Waals surface area (Å²) < 4.78 is 57.4. The Morgan fingerprint density at radius 1 is 1.13 bits per heavy atom. The first-order valence-electron chi connectivity index (χ1n) is 11.7. The van der Waals surface area contributed by atoms with E-state index in [0.29, 0.717) is 3.57 Å². The van der Waals surface area contributed by atoms with E-state index >= 15 is 0 Å². The molecule has 0 bridgehead atoms. The summed E-state index contributed by atoms with van der Waals surface area (Å²) in [5.74, 6) is -0.666. The van der Waals surface area contributed by atoms with Crippen LogP contribution < -0.4 is 26.8 Å². The second-order valence-corrected chi connectivity index (χ2v) is 12.7. The first kappa shape index (κ1) is 27.1. The average molecular weight is 669 g/mol. The first-order chi connectivity index (χ1) is 18.4. The van der Waals surface area contributed by atoms with Gasteiger partial charge in [0, 0.05) is 16.2 Å². The molecule has 0 atom stereocenters. The molecule has 2 aromatic carbocycles. The fourth-order valence-electron chi connectivity index (χ4n) is 4.43. The molecule has 1 aliphatic carbocycles. The highest BCUT2D eigenvalue weighted by atomic mass is 127. The minimum absolute atomic E-state index is 0.00555. The van der Waals surface area contributed by atoms with E-state index in [1.807, 2.05) is 22.6 Å². The van der Waals surface area contributed by atoms with Crippen LogP contribution in [0, 0.1) is 16.3 Å². The molecule has 0 aliphatic heterocycles. The van der Waals surface area contributed by atoms with E-state index in [1.165, 1.54) is 50.4 Å². The number of hydrogen-bond donors (Lipinski definition) is 3. The van der Waals surface area contributed by atoms with E-state index < -0.39 is 44.1 Å². The molecular weight excluding hydrogens is 647 g/mol. The fraction of sp³-hybridized carbons (Fsp3) is 0.240. The molecule has 0 amide bonds. The molecule has 2 heterocycles. The van der Waals surface area contributed by atoms with Gasteiger partial charge < -0.3 is 5.32 Å². The van der Waals surface area contributed by atoms with Gasteiger partial charge in [0.15, 0.2) is 0 Å². The molecule has 39 heavy (non-hydrogen) atoms. The number of alkyl halides is 1. The van der Waals surface area contributed by atoms with Gasteiger partial charge in [-0.25, -0.2) is 22.0 Å². The number of hydrogen-bond acceptors (Lipinski definition) is 6. The Morgan fingerprint density at radius 2 is 1.85 bits per heavy atom. The zero-order chi connectivity index (χ0) is 28.3. The molecule has 1 fully saturated rings. The molecule has 4 aromatic rings. The number of sulfonamides is 1. The Labute approximate surface area is 233 Å². The van der Waals surface area contributed by atoms with Crippen LogP contribution in [-0.4, -0.2) is 34.0 Å². The van der Waals surface area contributed by atoms with Crippen molar-refractivity contribution in [3.8, 4) is 5.69 Å². The van der Waals surface area contributed by atoms with Gasteiger partial charge >= 0.3 is 5.69 Å². The lowest BCUT2D eigenvalue weighted by Gasteiger charge is -2.19. The molecular formula is C25H22F2IN5O5S. The summed E-state index contributed by atoms with van der Waals surface area (Å²) >= 11 is 1.95. The highest BCUT2D eigenvalue weighted by Crippen LogP contribution is 2.44. The molecule has 5 rings (SSSR count). The second-order valence-electron chi connectivity index (χ2n) is 9.38. The van der Waals surface area contributed by atoms with Crippen LogP contribution in [0.5, 0.6) is 0 Å². The lowest BCUT2D eigenvalue weighted by Crippen LogP contribution is -2.34. The summed E-state index contributed by atoms with van der Waals surface area (Å²) in [6.07, 6.45) is 0.393. The van der Waals surface area contributed by atoms with Gasteiger partial charge in [0.2, 0.25) is 10.0 Å². The molecule has 204 valence electrons. The van der Waals surface area contributed by atoms with Gasteiger partial charge in [-0.2, -0.15) is 0 Å². The molecule has 0 saturated heterocycles. The molecule has 0 spiro atoms. The SMILES string of the molecule is Cc1c(=O)n(C)c(Nc2ccc(I)cc2F)c2c(=O)[nH]c(=O)n(-c3cccc(NS(=O)(=O)C4(CF)CC4)c3)c12. The molecule has 0 radical (unpaired) electrons. The van der Waals surface area contributed by atoms with Crippen LogP contribution in [0.2, 0.25) is 0 Å². The number of aromatic nitrogens is 3. The van der Waals surface area contributed by atoms with Gasteiger partial charge in [0.1, 0.15) is 28.4 Å². The van der Waals surface area contributed by atoms with Crippen LogP contribution >= 0.6 is 22.6 Å². The van der Waals surface area contributed by atoms with Crippen molar-refractivity contribution in [2.24, 2.45) is 7.05 Å². The van der Waals surface area contributed by atoms with Crippen molar-refractivity contribution in [2.45, 2.75) is 24.5 Å². The fourth-order valence-corrected chi connectivity index (χ4v) is 6.32. The van der Waals surface area contributed by atoms with Crippen molar-refractivity contribution in [2.75, 3.05) is 16.7 Å². The summed E-state index contributed by atoms with van der Waals surface area (Å²) in [6.45, 7) is 0.422. The molecule has 14 heteroatoms. The highest BCUT2D eigenvalue weighted by Gasteiger charge is 2.55. The lowest BCUT2D eigenvalue weighted by molar-refractivity contribution is 0.458. The molecule has 0 unspecified atom stereocenters.